The molecule has 1 aromatic heterocycles. The van der Waals surface area contributed by atoms with Crippen molar-refractivity contribution in [2.75, 3.05) is 6.54 Å². The summed E-state index contributed by atoms with van der Waals surface area (Å²) in [4.78, 5) is 18.0. The molecule has 0 amide bonds. The zero-order valence-electron chi connectivity index (χ0n) is 12.9. The van der Waals surface area contributed by atoms with Crippen molar-refractivity contribution in [2.24, 2.45) is 11.8 Å². The fourth-order valence-corrected chi connectivity index (χ4v) is 3.70. The van der Waals surface area contributed by atoms with Crippen molar-refractivity contribution in [1.82, 2.24) is 15.0 Å². The fourth-order valence-electron chi connectivity index (χ4n) is 3.70. The molecule has 1 aliphatic carbocycles. The monoisotopic (exact) mass is 293 g/mol. The van der Waals surface area contributed by atoms with Crippen molar-refractivity contribution in [3.63, 3.8) is 0 Å². The van der Waals surface area contributed by atoms with Gasteiger partial charge in [-0.3, -0.25) is 9.69 Å². The largest absolute Gasteiger partial charge is 0.480 e. The summed E-state index contributed by atoms with van der Waals surface area (Å²) in [5.74, 6) is 1.27. The van der Waals surface area contributed by atoms with E-state index >= 15 is 0 Å². The predicted octanol–water partition coefficient (Wildman–Crippen LogP) is 2.05. The molecule has 21 heavy (non-hydrogen) atoms. The third-order valence-electron chi connectivity index (χ3n) is 4.69. The van der Waals surface area contributed by atoms with Gasteiger partial charge in [-0.25, -0.2) is 0 Å². The molecule has 1 N–H and O–H groups in total. The van der Waals surface area contributed by atoms with Crippen molar-refractivity contribution in [3.8, 4) is 0 Å². The van der Waals surface area contributed by atoms with Crippen LogP contribution in [0.3, 0.4) is 0 Å². The van der Waals surface area contributed by atoms with Crippen LogP contribution >= 0.6 is 0 Å². The number of likely N-dealkylation sites (tertiary alicyclic amines) is 1. The second-order valence-electron chi connectivity index (χ2n) is 7.33. The van der Waals surface area contributed by atoms with Gasteiger partial charge in [0.25, 0.3) is 0 Å². The van der Waals surface area contributed by atoms with Gasteiger partial charge in [0, 0.05) is 12.0 Å². The number of aromatic nitrogens is 2. The Bertz CT molecular complexity index is 535. The number of fused-ring (bicyclic) bond motifs is 1. The van der Waals surface area contributed by atoms with E-state index < -0.39 is 12.0 Å². The molecule has 116 valence electrons. The summed E-state index contributed by atoms with van der Waals surface area (Å²) in [5, 5.41) is 13.6. The highest BCUT2D eigenvalue weighted by molar-refractivity contribution is 5.74. The number of rotatable bonds is 3. The Balaban J connectivity index is 1.75. The van der Waals surface area contributed by atoms with Crippen molar-refractivity contribution < 1.29 is 14.4 Å². The molecule has 2 heterocycles. The van der Waals surface area contributed by atoms with Crippen molar-refractivity contribution in [1.29, 1.82) is 0 Å². The molecule has 6 nitrogen and oxygen atoms in total. The highest BCUT2D eigenvalue weighted by atomic mass is 16.5. The highest BCUT2D eigenvalue weighted by Gasteiger charge is 2.47. The third-order valence-corrected chi connectivity index (χ3v) is 4.69. The fraction of sp³-hybridized carbons (Fsp3) is 0.800. The van der Waals surface area contributed by atoms with E-state index in [0.717, 1.165) is 25.8 Å². The van der Waals surface area contributed by atoms with Gasteiger partial charge in [-0.15, -0.1) is 0 Å². The van der Waals surface area contributed by atoms with Gasteiger partial charge in [0.1, 0.15) is 6.04 Å². The summed E-state index contributed by atoms with van der Waals surface area (Å²) in [6, 6.07) is -0.394. The average Bonchev–Trinajstić information content (AvgIpc) is 3.01. The predicted molar refractivity (Wildman–Crippen MR) is 75.7 cm³/mol. The lowest BCUT2D eigenvalue weighted by Gasteiger charge is -2.22. The maximum Gasteiger partial charge on any atom is 0.321 e. The molecular weight excluding hydrogens is 270 g/mol. The SMILES string of the molecule is CC(C)(C)c1nc(CN2CC3CCCC3C2C(=O)O)no1. The van der Waals surface area contributed by atoms with Crippen molar-refractivity contribution in [3.05, 3.63) is 11.7 Å². The second-order valence-corrected chi connectivity index (χ2v) is 7.33. The minimum absolute atomic E-state index is 0.182. The van der Waals surface area contributed by atoms with E-state index in [1.54, 1.807) is 0 Å². The van der Waals surface area contributed by atoms with Gasteiger partial charge in [-0.05, 0) is 24.7 Å². The summed E-state index contributed by atoms with van der Waals surface area (Å²) in [5.41, 5.74) is -0.182. The first-order valence-corrected chi connectivity index (χ1v) is 7.66. The summed E-state index contributed by atoms with van der Waals surface area (Å²) in [6.07, 6.45) is 3.32. The van der Waals surface area contributed by atoms with Crippen LogP contribution in [0, 0.1) is 11.8 Å². The number of aliphatic carboxylic acids is 1. The molecule has 1 saturated carbocycles. The van der Waals surface area contributed by atoms with Gasteiger partial charge in [-0.1, -0.05) is 32.3 Å². The van der Waals surface area contributed by atoms with Gasteiger partial charge in [0.2, 0.25) is 5.89 Å². The van der Waals surface area contributed by atoms with Crippen LogP contribution in [-0.4, -0.2) is 38.7 Å². The van der Waals surface area contributed by atoms with Gasteiger partial charge < -0.3 is 9.63 Å². The number of hydrogen-bond donors (Lipinski definition) is 1. The molecule has 0 aromatic carbocycles. The maximum absolute atomic E-state index is 11.6. The molecule has 0 spiro atoms. The lowest BCUT2D eigenvalue weighted by molar-refractivity contribution is -0.143. The average molecular weight is 293 g/mol. The Morgan fingerprint density at radius 1 is 1.43 bits per heavy atom. The zero-order chi connectivity index (χ0) is 15.2. The van der Waals surface area contributed by atoms with E-state index in [0.29, 0.717) is 24.2 Å². The maximum atomic E-state index is 11.6. The van der Waals surface area contributed by atoms with Crippen LogP contribution in [0.5, 0.6) is 0 Å². The Hall–Kier alpha value is -1.43. The van der Waals surface area contributed by atoms with Gasteiger partial charge in [0.05, 0.1) is 6.54 Å². The zero-order valence-corrected chi connectivity index (χ0v) is 12.9. The third kappa shape index (κ3) is 2.69. The van der Waals surface area contributed by atoms with Crippen molar-refractivity contribution in [2.45, 2.75) is 58.0 Å². The molecule has 2 fully saturated rings. The lowest BCUT2D eigenvalue weighted by Crippen LogP contribution is -2.39. The summed E-state index contributed by atoms with van der Waals surface area (Å²) in [6.45, 7) is 7.35. The van der Waals surface area contributed by atoms with E-state index in [2.05, 4.69) is 10.1 Å². The van der Waals surface area contributed by atoms with E-state index in [9.17, 15) is 9.90 Å². The van der Waals surface area contributed by atoms with E-state index in [4.69, 9.17) is 4.52 Å². The molecule has 0 bridgehead atoms. The van der Waals surface area contributed by atoms with E-state index in [1.807, 2.05) is 25.7 Å². The molecular formula is C15H23N3O3. The number of nitrogens with zero attached hydrogens (tertiary/aromatic N) is 3. The van der Waals surface area contributed by atoms with E-state index in [-0.39, 0.29) is 11.3 Å². The van der Waals surface area contributed by atoms with Crippen LogP contribution < -0.4 is 0 Å². The Morgan fingerprint density at radius 3 is 2.81 bits per heavy atom. The van der Waals surface area contributed by atoms with Crippen molar-refractivity contribution >= 4 is 5.97 Å². The van der Waals surface area contributed by atoms with Crippen LogP contribution in [0.4, 0.5) is 0 Å². The number of carboxylic acid groups (broad SMARTS) is 1. The highest BCUT2D eigenvalue weighted by Crippen LogP contribution is 2.42. The smallest absolute Gasteiger partial charge is 0.321 e. The second kappa shape index (κ2) is 5.09. The molecule has 3 unspecified atom stereocenters. The van der Waals surface area contributed by atoms with Crippen LogP contribution in [-0.2, 0) is 16.8 Å². The lowest BCUT2D eigenvalue weighted by atomic mass is 9.94. The number of hydrogen-bond acceptors (Lipinski definition) is 5. The molecule has 1 aromatic rings. The molecule has 1 saturated heterocycles. The first kappa shape index (κ1) is 14.5. The van der Waals surface area contributed by atoms with E-state index in [1.165, 1.54) is 0 Å². The molecule has 3 atom stereocenters. The first-order valence-electron chi connectivity index (χ1n) is 7.66. The molecule has 3 rings (SSSR count). The minimum Gasteiger partial charge on any atom is -0.480 e. The van der Waals surface area contributed by atoms with Crippen LogP contribution in [0.15, 0.2) is 4.52 Å². The first-order chi connectivity index (χ1) is 9.86. The van der Waals surface area contributed by atoms with Crippen LogP contribution in [0.1, 0.15) is 51.7 Å². The summed E-state index contributed by atoms with van der Waals surface area (Å²) in [7, 11) is 0. The Morgan fingerprint density at radius 2 is 2.19 bits per heavy atom. The molecule has 2 aliphatic rings. The van der Waals surface area contributed by atoms with Gasteiger partial charge >= 0.3 is 5.97 Å². The normalized spacial score (nSPS) is 29.8. The topological polar surface area (TPSA) is 79.5 Å². The van der Waals surface area contributed by atoms with Crippen LogP contribution in [0.2, 0.25) is 0 Å². The van der Waals surface area contributed by atoms with Gasteiger partial charge in [0.15, 0.2) is 5.82 Å². The molecule has 0 radical (unpaired) electrons. The number of carbonyl (C=O) groups is 1. The Labute approximate surface area is 124 Å². The standard InChI is InChI=1S/C15H23N3O3/c1-15(2,3)14-16-11(17-21-14)8-18-7-9-5-4-6-10(9)12(18)13(19)20/h9-10,12H,4-8H2,1-3H3,(H,19,20). The van der Waals surface area contributed by atoms with Crippen LogP contribution in [0.25, 0.3) is 0 Å². The van der Waals surface area contributed by atoms with Gasteiger partial charge in [-0.2, -0.15) is 4.98 Å². The summed E-state index contributed by atoms with van der Waals surface area (Å²) < 4.78 is 5.29. The number of carboxylic acids is 1. The molecule has 1 aliphatic heterocycles. The quantitative estimate of drug-likeness (QED) is 0.919. The summed E-state index contributed by atoms with van der Waals surface area (Å²) >= 11 is 0. The minimum atomic E-state index is -0.719. The Kier molecular flexibility index (Phi) is 3.51. The molecule has 6 heteroatoms.